The highest BCUT2D eigenvalue weighted by molar-refractivity contribution is 6.31. The van der Waals surface area contributed by atoms with E-state index in [0.29, 0.717) is 18.8 Å². The van der Waals surface area contributed by atoms with Gasteiger partial charge in [-0.25, -0.2) is 9.37 Å². The third-order valence-electron chi connectivity index (χ3n) is 3.87. The minimum atomic E-state index is -0.465. The largest absolute Gasteiger partial charge is 0.343 e. The molecule has 0 aliphatic rings. The van der Waals surface area contributed by atoms with E-state index in [2.05, 4.69) is 4.98 Å². The van der Waals surface area contributed by atoms with Gasteiger partial charge in [0.1, 0.15) is 11.6 Å². The smallest absolute Gasteiger partial charge is 0.273 e. The molecule has 2 amide bonds. The van der Waals surface area contributed by atoms with Crippen LogP contribution < -0.4 is 4.90 Å². The third kappa shape index (κ3) is 3.66. The van der Waals surface area contributed by atoms with Crippen LogP contribution in [0, 0.1) is 12.7 Å². The molecule has 0 unspecified atom stereocenters. The Bertz CT molecular complexity index is 784. The van der Waals surface area contributed by atoms with Crippen LogP contribution in [0.1, 0.15) is 28.8 Å². The average molecular weight is 367 g/mol. The molecule has 1 heterocycles. The molecule has 0 bridgehead atoms. The normalized spacial score (nSPS) is 10.6. The number of aryl methyl sites for hydroxylation is 1. The van der Waals surface area contributed by atoms with Crippen molar-refractivity contribution in [3.63, 3.8) is 0 Å². The van der Waals surface area contributed by atoms with Crippen LogP contribution in [0.4, 0.5) is 10.2 Å². The number of benzene rings is 1. The molecular weight excluding hydrogens is 347 g/mol. The second kappa shape index (κ2) is 7.65. The number of halogens is 2. The fourth-order valence-corrected chi connectivity index (χ4v) is 2.70. The zero-order valence-electron chi connectivity index (χ0n) is 14.6. The van der Waals surface area contributed by atoms with E-state index in [4.69, 9.17) is 11.6 Å². The Hall–Kier alpha value is -2.41. The minimum Gasteiger partial charge on any atom is -0.343 e. The Morgan fingerprint density at radius 3 is 2.60 bits per heavy atom. The number of nitrogens with zero attached hydrogens (tertiary/aromatic N) is 4. The van der Waals surface area contributed by atoms with Gasteiger partial charge in [-0.3, -0.25) is 14.5 Å². The van der Waals surface area contributed by atoms with Crippen LogP contribution in [0.15, 0.2) is 18.2 Å². The van der Waals surface area contributed by atoms with Crippen LogP contribution in [0.5, 0.6) is 0 Å². The number of anilines is 1. The van der Waals surface area contributed by atoms with Crippen molar-refractivity contribution in [2.75, 3.05) is 25.5 Å². The summed E-state index contributed by atoms with van der Waals surface area (Å²) in [6, 6.07) is 4.42. The molecule has 8 heteroatoms. The molecule has 0 fully saturated rings. The number of hydrogen-bond donors (Lipinski definition) is 0. The van der Waals surface area contributed by atoms with Crippen molar-refractivity contribution >= 4 is 29.7 Å². The van der Waals surface area contributed by atoms with Gasteiger partial charge < -0.3 is 9.47 Å². The van der Waals surface area contributed by atoms with Crippen molar-refractivity contribution in [3.05, 3.63) is 46.1 Å². The van der Waals surface area contributed by atoms with E-state index >= 15 is 0 Å². The van der Waals surface area contributed by atoms with E-state index in [1.54, 1.807) is 38.6 Å². The quantitative estimate of drug-likeness (QED) is 0.738. The van der Waals surface area contributed by atoms with Crippen molar-refractivity contribution in [1.82, 2.24) is 14.5 Å². The van der Waals surface area contributed by atoms with Gasteiger partial charge in [-0.15, -0.1) is 0 Å². The van der Waals surface area contributed by atoms with E-state index in [1.807, 2.05) is 0 Å². The molecule has 0 spiro atoms. The first kappa shape index (κ1) is 18.9. The van der Waals surface area contributed by atoms with Crippen molar-refractivity contribution in [1.29, 1.82) is 0 Å². The summed E-state index contributed by atoms with van der Waals surface area (Å²) < 4.78 is 15.8. The molecule has 1 aromatic carbocycles. The van der Waals surface area contributed by atoms with Gasteiger partial charge in [0.25, 0.3) is 5.91 Å². The van der Waals surface area contributed by atoms with E-state index in [9.17, 15) is 14.0 Å². The maximum Gasteiger partial charge on any atom is 0.273 e. The summed E-state index contributed by atoms with van der Waals surface area (Å²) >= 11 is 6.11. The molecule has 0 aliphatic heterocycles. The predicted molar refractivity (Wildman–Crippen MR) is 94.6 cm³/mol. The van der Waals surface area contributed by atoms with Crippen LogP contribution in [-0.4, -0.2) is 47.4 Å². The van der Waals surface area contributed by atoms with E-state index in [0.717, 1.165) is 0 Å². The summed E-state index contributed by atoms with van der Waals surface area (Å²) in [5, 5.41) is 0.264. The highest BCUT2D eigenvalue weighted by Gasteiger charge is 2.27. The second-order valence-electron chi connectivity index (χ2n) is 5.71. The summed E-state index contributed by atoms with van der Waals surface area (Å²) in [7, 11) is 3.21. The number of hydrogen-bond acceptors (Lipinski definition) is 3. The highest BCUT2D eigenvalue weighted by atomic mass is 35.5. The van der Waals surface area contributed by atoms with Crippen LogP contribution in [-0.2, 0) is 11.3 Å². The van der Waals surface area contributed by atoms with E-state index in [1.165, 1.54) is 21.9 Å². The molecule has 0 saturated carbocycles. The van der Waals surface area contributed by atoms with Crippen LogP contribution in [0.2, 0.25) is 5.02 Å². The van der Waals surface area contributed by atoms with Crippen molar-refractivity contribution in [2.45, 2.75) is 20.4 Å². The van der Waals surface area contributed by atoms with Gasteiger partial charge in [0.2, 0.25) is 6.41 Å². The fourth-order valence-electron chi connectivity index (χ4n) is 2.48. The Labute approximate surface area is 150 Å². The number of rotatable bonds is 6. The zero-order chi connectivity index (χ0) is 18.7. The molecule has 6 nitrogen and oxygen atoms in total. The molecule has 0 saturated heterocycles. The fraction of sp³-hybridized carbons (Fsp3) is 0.353. The van der Waals surface area contributed by atoms with Crippen LogP contribution >= 0.6 is 11.6 Å². The second-order valence-corrected chi connectivity index (χ2v) is 6.12. The molecule has 2 rings (SSSR count). The minimum absolute atomic E-state index is 0.0374. The van der Waals surface area contributed by atoms with Gasteiger partial charge in [-0.1, -0.05) is 17.7 Å². The zero-order valence-corrected chi connectivity index (χ0v) is 15.3. The molecule has 0 N–H and O–H groups in total. The first-order chi connectivity index (χ1) is 11.8. The number of amides is 2. The average Bonchev–Trinajstić information content (AvgIpc) is 2.88. The molecule has 25 heavy (non-hydrogen) atoms. The highest BCUT2D eigenvalue weighted by Crippen LogP contribution is 2.26. The molecular formula is C17H20ClFN4O2. The number of imidazole rings is 1. The van der Waals surface area contributed by atoms with Crippen molar-refractivity contribution in [3.8, 4) is 0 Å². The molecule has 0 atom stereocenters. The summed E-state index contributed by atoms with van der Waals surface area (Å²) in [4.78, 5) is 31.1. The van der Waals surface area contributed by atoms with E-state index < -0.39 is 5.82 Å². The standard InChI is InChI=1S/C17H20ClFN4O2/c1-5-22(10-24)16-15(17(25)21(3)4)23(11(2)20-16)9-12-13(18)7-6-8-14(12)19/h6-8,10H,5,9H2,1-4H3. The monoisotopic (exact) mass is 366 g/mol. The molecule has 134 valence electrons. The van der Waals surface area contributed by atoms with Crippen molar-refractivity contribution in [2.24, 2.45) is 0 Å². The van der Waals surface area contributed by atoms with Crippen molar-refractivity contribution < 1.29 is 14.0 Å². The lowest BCUT2D eigenvalue weighted by atomic mass is 10.2. The van der Waals surface area contributed by atoms with Gasteiger partial charge >= 0.3 is 0 Å². The van der Waals surface area contributed by atoms with Crippen LogP contribution in [0.3, 0.4) is 0 Å². The third-order valence-corrected chi connectivity index (χ3v) is 4.22. The molecule has 2 aromatic rings. The maximum absolute atomic E-state index is 14.2. The van der Waals surface area contributed by atoms with E-state index in [-0.39, 0.29) is 34.5 Å². The van der Waals surface area contributed by atoms with Gasteiger partial charge in [0, 0.05) is 31.2 Å². The van der Waals surface area contributed by atoms with Crippen LogP contribution in [0.25, 0.3) is 0 Å². The summed E-state index contributed by atoms with van der Waals surface area (Å²) in [6.07, 6.45) is 0.620. The summed E-state index contributed by atoms with van der Waals surface area (Å²) in [5.41, 5.74) is 0.481. The predicted octanol–water partition coefficient (Wildman–Crippen LogP) is 2.72. The van der Waals surface area contributed by atoms with Gasteiger partial charge in [-0.2, -0.15) is 0 Å². The Morgan fingerprint density at radius 2 is 2.08 bits per heavy atom. The number of carbonyl (C=O) groups is 2. The molecule has 0 aliphatic carbocycles. The maximum atomic E-state index is 14.2. The lowest BCUT2D eigenvalue weighted by Crippen LogP contribution is -2.29. The first-order valence-electron chi connectivity index (χ1n) is 7.75. The Kier molecular flexibility index (Phi) is 5.79. The Morgan fingerprint density at radius 1 is 1.40 bits per heavy atom. The SMILES string of the molecule is CCN(C=O)c1nc(C)n(Cc2c(F)cccc2Cl)c1C(=O)N(C)C. The molecule has 1 aromatic heterocycles. The topological polar surface area (TPSA) is 58.4 Å². The summed E-state index contributed by atoms with van der Waals surface area (Å²) in [5.74, 6) is -0.0579. The lowest BCUT2D eigenvalue weighted by molar-refractivity contribution is -0.107. The first-order valence-corrected chi connectivity index (χ1v) is 8.13. The summed E-state index contributed by atoms with van der Waals surface area (Å²) in [6.45, 7) is 3.87. The Balaban J connectivity index is 2.64. The van der Waals surface area contributed by atoms with Gasteiger partial charge in [0.05, 0.1) is 6.54 Å². The number of carbonyl (C=O) groups excluding carboxylic acids is 2. The van der Waals surface area contributed by atoms with Gasteiger partial charge in [-0.05, 0) is 26.0 Å². The van der Waals surface area contributed by atoms with Gasteiger partial charge in [0.15, 0.2) is 11.5 Å². The lowest BCUT2D eigenvalue weighted by Gasteiger charge is -2.18. The number of aromatic nitrogens is 2. The molecule has 0 radical (unpaired) electrons.